The third-order valence-corrected chi connectivity index (χ3v) is 6.81. The second-order valence-electron chi connectivity index (χ2n) is 7.27. The second-order valence-corrected chi connectivity index (χ2v) is 9.50. The molecule has 1 amide bonds. The van der Waals surface area contributed by atoms with Crippen LogP contribution in [-0.4, -0.2) is 41.4 Å². The molecule has 1 aromatic heterocycles. The Labute approximate surface area is 174 Å². The van der Waals surface area contributed by atoms with Crippen LogP contribution in [0, 0.1) is 0 Å². The molecule has 31 heavy (non-hydrogen) atoms. The maximum atomic E-state index is 13.0. The lowest BCUT2D eigenvalue weighted by Gasteiger charge is -2.12. The zero-order chi connectivity index (χ0) is 22.4. The minimum Gasteiger partial charge on any atom is -0.348 e. The van der Waals surface area contributed by atoms with Gasteiger partial charge in [0.2, 0.25) is 0 Å². The van der Waals surface area contributed by atoms with E-state index in [1.807, 2.05) is 0 Å². The average Bonchev–Trinajstić information content (AvgIpc) is 3.05. The summed E-state index contributed by atoms with van der Waals surface area (Å²) in [4.78, 5) is 29.3. The molecule has 1 N–H and O–H groups in total. The number of carbonyl (C=O) groups is 1. The molecule has 1 unspecified atom stereocenters. The lowest BCUT2D eigenvalue weighted by atomic mass is 10.1. The summed E-state index contributed by atoms with van der Waals surface area (Å²) in [5, 5.41) is 2.78. The molecule has 2 heterocycles. The molecule has 0 spiro atoms. The largest absolute Gasteiger partial charge is 0.416 e. The highest BCUT2D eigenvalue weighted by Crippen LogP contribution is 2.30. The van der Waals surface area contributed by atoms with E-state index in [9.17, 15) is 31.2 Å². The summed E-state index contributed by atoms with van der Waals surface area (Å²) in [6.07, 6.45) is -3.11. The second kappa shape index (κ2) is 7.49. The van der Waals surface area contributed by atoms with Gasteiger partial charge in [-0.2, -0.15) is 13.2 Å². The van der Waals surface area contributed by atoms with Crippen molar-refractivity contribution in [1.29, 1.82) is 0 Å². The number of hydrogen-bond acceptors (Lipinski definition) is 5. The van der Waals surface area contributed by atoms with E-state index >= 15 is 0 Å². The number of carbonyl (C=O) groups excluding carboxylic acids is 1. The fourth-order valence-corrected chi connectivity index (χ4v) is 5.13. The molecular weight excluding hydrogens is 435 g/mol. The first-order valence-corrected chi connectivity index (χ1v) is 11.1. The van der Waals surface area contributed by atoms with E-state index in [-0.39, 0.29) is 33.7 Å². The van der Waals surface area contributed by atoms with Crippen molar-refractivity contribution >= 4 is 26.6 Å². The van der Waals surface area contributed by atoms with Crippen molar-refractivity contribution in [3.8, 4) is 5.69 Å². The lowest BCUT2D eigenvalue weighted by Crippen LogP contribution is -2.35. The first-order chi connectivity index (χ1) is 14.5. The Morgan fingerprint density at radius 1 is 1.16 bits per heavy atom. The summed E-state index contributed by atoms with van der Waals surface area (Å²) < 4.78 is 63.0. The molecule has 0 radical (unpaired) electrons. The van der Waals surface area contributed by atoms with E-state index in [1.165, 1.54) is 30.3 Å². The lowest BCUT2D eigenvalue weighted by molar-refractivity contribution is -0.137. The van der Waals surface area contributed by atoms with Crippen molar-refractivity contribution in [2.45, 2.75) is 18.6 Å². The summed E-state index contributed by atoms with van der Waals surface area (Å²) in [7, 11) is -3.15. The van der Waals surface area contributed by atoms with Crippen LogP contribution in [0.25, 0.3) is 16.6 Å². The molecule has 1 aliphatic heterocycles. The van der Waals surface area contributed by atoms with Crippen LogP contribution in [0.3, 0.4) is 0 Å². The molecule has 1 atom stereocenters. The molecule has 0 saturated carbocycles. The van der Waals surface area contributed by atoms with E-state index in [2.05, 4.69) is 10.3 Å². The molecule has 3 aromatic rings. The summed E-state index contributed by atoms with van der Waals surface area (Å²) in [6, 6.07) is 7.99. The van der Waals surface area contributed by atoms with Crippen LogP contribution in [0.1, 0.15) is 22.3 Å². The number of aromatic nitrogens is 2. The molecule has 2 aromatic carbocycles. The fourth-order valence-electron chi connectivity index (χ4n) is 3.46. The first-order valence-electron chi connectivity index (χ1n) is 9.24. The number of nitrogens with zero attached hydrogens (tertiary/aromatic N) is 2. The van der Waals surface area contributed by atoms with Gasteiger partial charge in [-0.25, -0.2) is 13.4 Å². The third-order valence-electron chi connectivity index (χ3n) is 5.04. The number of halogens is 3. The van der Waals surface area contributed by atoms with Crippen LogP contribution in [0.4, 0.5) is 13.2 Å². The zero-order valence-corrected chi connectivity index (χ0v) is 16.7. The monoisotopic (exact) mass is 451 g/mol. The Hall–Kier alpha value is -3.21. The van der Waals surface area contributed by atoms with Gasteiger partial charge in [-0.3, -0.25) is 14.2 Å². The maximum Gasteiger partial charge on any atom is 0.416 e. The van der Waals surface area contributed by atoms with E-state index in [4.69, 9.17) is 0 Å². The molecule has 1 aliphatic rings. The molecule has 1 fully saturated rings. The number of nitrogens with one attached hydrogen (secondary N) is 1. The molecule has 0 bridgehead atoms. The molecule has 162 valence electrons. The Kier molecular flexibility index (Phi) is 5.08. The molecule has 1 saturated heterocycles. The van der Waals surface area contributed by atoms with Gasteiger partial charge in [0, 0.05) is 11.6 Å². The van der Waals surface area contributed by atoms with Crippen molar-refractivity contribution in [3.63, 3.8) is 0 Å². The SMILES string of the molecule is O=C(NC1CCS(=O)(=O)C1)c1ccc2c(=O)n(-c3cccc(C(F)(F)F)c3)cnc2c1. The summed E-state index contributed by atoms with van der Waals surface area (Å²) in [6.45, 7) is 0. The minimum absolute atomic E-state index is 0.0125. The predicted molar refractivity (Wildman–Crippen MR) is 107 cm³/mol. The number of alkyl halides is 3. The van der Waals surface area contributed by atoms with Crippen LogP contribution >= 0.6 is 0 Å². The Balaban J connectivity index is 1.64. The number of amides is 1. The van der Waals surface area contributed by atoms with Gasteiger partial charge in [-0.05, 0) is 42.8 Å². The summed E-state index contributed by atoms with van der Waals surface area (Å²) in [5.74, 6) is -0.591. The Bertz CT molecular complexity index is 1350. The average molecular weight is 451 g/mol. The van der Waals surface area contributed by atoms with E-state index in [0.717, 1.165) is 23.0 Å². The highest BCUT2D eigenvalue weighted by atomic mass is 32.2. The number of fused-ring (bicyclic) bond motifs is 1. The number of rotatable bonds is 3. The Morgan fingerprint density at radius 3 is 2.61 bits per heavy atom. The number of sulfone groups is 1. The fraction of sp³-hybridized carbons (Fsp3) is 0.250. The van der Waals surface area contributed by atoms with E-state index in [1.54, 1.807) is 0 Å². The molecule has 4 rings (SSSR count). The summed E-state index contributed by atoms with van der Waals surface area (Å²) in [5.41, 5.74) is -1.07. The van der Waals surface area contributed by atoms with Gasteiger partial charge in [-0.15, -0.1) is 0 Å². The molecule has 0 aliphatic carbocycles. The van der Waals surface area contributed by atoms with Crippen LogP contribution < -0.4 is 10.9 Å². The predicted octanol–water partition coefficient (Wildman–Crippen LogP) is 2.32. The van der Waals surface area contributed by atoms with Gasteiger partial charge in [-0.1, -0.05) is 6.07 Å². The highest BCUT2D eigenvalue weighted by molar-refractivity contribution is 7.91. The highest BCUT2D eigenvalue weighted by Gasteiger charge is 2.31. The van der Waals surface area contributed by atoms with Crippen molar-refractivity contribution in [1.82, 2.24) is 14.9 Å². The third kappa shape index (κ3) is 4.31. The van der Waals surface area contributed by atoms with E-state index < -0.39 is 39.1 Å². The molecular formula is C20H16F3N3O4S. The topological polar surface area (TPSA) is 98.1 Å². The van der Waals surface area contributed by atoms with Crippen LogP contribution in [0.5, 0.6) is 0 Å². The van der Waals surface area contributed by atoms with Gasteiger partial charge < -0.3 is 5.32 Å². The normalized spacial score (nSPS) is 18.2. The van der Waals surface area contributed by atoms with Crippen molar-refractivity contribution in [2.75, 3.05) is 11.5 Å². The van der Waals surface area contributed by atoms with Crippen molar-refractivity contribution in [2.24, 2.45) is 0 Å². The number of benzene rings is 2. The standard InChI is InChI=1S/C20H16F3N3O4S/c21-20(22,23)13-2-1-3-15(9-13)26-11-24-17-8-12(4-5-16(17)19(26)28)18(27)25-14-6-7-31(29,30)10-14/h1-5,8-9,11,14H,6-7,10H2,(H,25,27). The Morgan fingerprint density at radius 2 is 1.94 bits per heavy atom. The van der Waals surface area contributed by atoms with E-state index in [0.29, 0.717) is 6.42 Å². The molecule has 7 nitrogen and oxygen atoms in total. The maximum absolute atomic E-state index is 13.0. The van der Waals surface area contributed by atoms with Gasteiger partial charge in [0.15, 0.2) is 9.84 Å². The smallest absolute Gasteiger partial charge is 0.348 e. The zero-order valence-electron chi connectivity index (χ0n) is 15.9. The summed E-state index contributed by atoms with van der Waals surface area (Å²) >= 11 is 0. The van der Waals surface area contributed by atoms with Gasteiger partial charge in [0.1, 0.15) is 6.33 Å². The van der Waals surface area contributed by atoms with Crippen molar-refractivity contribution < 1.29 is 26.4 Å². The number of hydrogen-bond donors (Lipinski definition) is 1. The van der Waals surface area contributed by atoms with Gasteiger partial charge in [0.05, 0.1) is 33.7 Å². The first kappa shape index (κ1) is 21.0. The van der Waals surface area contributed by atoms with Gasteiger partial charge in [0.25, 0.3) is 11.5 Å². The van der Waals surface area contributed by atoms with Crippen LogP contribution in [-0.2, 0) is 16.0 Å². The van der Waals surface area contributed by atoms with Gasteiger partial charge >= 0.3 is 6.18 Å². The van der Waals surface area contributed by atoms with Crippen molar-refractivity contribution in [3.05, 3.63) is 70.3 Å². The molecule has 11 heteroatoms. The van der Waals surface area contributed by atoms with Crippen LogP contribution in [0.15, 0.2) is 53.6 Å². The van der Waals surface area contributed by atoms with Crippen LogP contribution in [0.2, 0.25) is 0 Å². The quantitative estimate of drug-likeness (QED) is 0.659. The minimum atomic E-state index is -4.55.